The zero-order valence-electron chi connectivity index (χ0n) is 18.9. The SMILES string of the molecule is CC(C)(c1cccc(Oc2ccccc2O)c1)c1cccc(C(C)(C)c2ccccn2)n1. The van der Waals surface area contributed by atoms with E-state index in [-0.39, 0.29) is 16.6 Å². The summed E-state index contributed by atoms with van der Waals surface area (Å²) in [7, 11) is 0. The Morgan fingerprint density at radius 3 is 2.06 bits per heavy atom. The van der Waals surface area contributed by atoms with Crippen LogP contribution in [0.3, 0.4) is 0 Å². The first-order valence-corrected chi connectivity index (χ1v) is 10.7. The van der Waals surface area contributed by atoms with Crippen LogP contribution in [0.1, 0.15) is 50.3 Å². The van der Waals surface area contributed by atoms with E-state index in [1.165, 1.54) is 0 Å². The molecule has 4 heteroatoms. The number of rotatable bonds is 6. The van der Waals surface area contributed by atoms with Gasteiger partial charge in [0, 0.05) is 17.0 Å². The number of phenols is 1. The van der Waals surface area contributed by atoms with E-state index in [4.69, 9.17) is 9.72 Å². The van der Waals surface area contributed by atoms with E-state index >= 15 is 0 Å². The number of hydrogen-bond donors (Lipinski definition) is 1. The van der Waals surface area contributed by atoms with Crippen LogP contribution in [0, 0.1) is 0 Å². The number of phenolic OH excluding ortho intramolecular Hbond substituents is 1. The van der Waals surface area contributed by atoms with Crippen LogP contribution in [0.5, 0.6) is 17.2 Å². The molecule has 2 aromatic heterocycles. The first-order chi connectivity index (χ1) is 15.3. The molecule has 1 N–H and O–H groups in total. The minimum absolute atomic E-state index is 0.114. The summed E-state index contributed by atoms with van der Waals surface area (Å²) in [6, 6.07) is 27.1. The highest BCUT2D eigenvalue weighted by Crippen LogP contribution is 2.36. The third-order valence-electron chi connectivity index (χ3n) is 5.98. The van der Waals surface area contributed by atoms with E-state index in [2.05, 4.69) is 56.9 Å². The molecule has 0 amide bonds. The molecule has 0 atom stereocenters. The van der Waals surface area contributed by atoms with Crippen molar-refractivity contribution in [3.05, 3.63) is 114 Å². The zero-order chi connectivity index (χ0) is 22.8. The lowest BCUT2D eigenvalue weighted by Crippen LogP contribution is -2.26. The van der Waals surface area contributed by atoms with Gasteiger partial charge in [-0.05, 0) is 67.9 Å². The minimum Gasteiger partial charge on any atom is -0.504 e. The van der Waals surface area contributed by atoms with Crippen molar-refractivity contribution >= 4 is 0 Å². The molecule has 4 aromatic rings. The van der Waals surface area contributed by atoms with Crippen molar-refractivity contribution in [2.45, 2.75) is 38.5 Å². The average Bonchev–Trinajstić information content (AvgIpc) is 2.81. The predicted molar refractivity (Wildman–Crippen MR) is 127 cm³/mol. The molecular weight excluding hydrogens is 396 g/mol. The van der Waals surface area contributed by atoms with Gasteiger partial charge in [-0.15, -0.1) is 0 Å². The van der Waals surface area contributed by atoms with Crippen molar-refractivity contribution in [1.82, 2.24) is 9.97 Å². The Morgan fingerprint density at radius 1 is 0.688 bits per heavy atom. The molecular formula is C28H28N2O2. The molecule has 0 aliphatic heterocycles. The standard InChI is InChI=1S/C28H28N2O2/c1-27(2,20-11-9-12-21(19-20)32-23-14-6-5-13-22(23)31)25-16-10-17-26(30-25)28(3,4)24-15-7-8-18-29-24/h5-19,31H,1-4H3. The summed E-state index contributed by atoms with van der Waals surface area (Å²) >= 11 is 0. The smallest absolute Gasteiger partial charge is 0.169 e. The first kappa shape index (κ1) is 21.6. The van der Waals surface area contributed by atoms with Crippen LogP contribution in [0.25, 0.3) is 0 Å². The molecule has 0 aliphatic rings. The van der Waals surface area contributed by atoms with Gasteiger partial charge in [0.25, 0.3) is 0 Å². The monoisotopic (exact) mass is 424 g/mol. The number of pyridine rings is 2. The van der Waals surface area contributed by atoms with Crippen LogP contribution in [0.4, 0.5) is 0 Å². The summed E-state index contributed by atoms with van der Waals surface area (Å²) in [5.74, 6) is 1.21. The van der Waals surface area contributed by atoms with Crippen molar-refractivity contribution in [1.29, 1.82) is 0 Å². The fourth-order valence-corrected chi connectivity index (χ4v) is 3.76. The van der Waals surface area contributed by atoms with Gasteiger partial charge in [-0.3, -0.25) is 9.97 Å². The van der Waals surface area contributed by atoms with Gasteiger partial charge in [-0.1, -0.05) is 50.2 Å². The molecule has 0 fully saturated rings. The van der Waals surface area contributed by atoms with Crippen LogP contribution in [-0.2, 0) is 10.8 Å². The highest BCUT2D eigenvalue weighted by atomic mass is 16.5. The molecule has 0 spiro atoms. The second-order valence-electron chi connectivity index (χ2n) is 8.97. The van der Waals surface area contributed by atoms with Crippen LogP contribution in [0.2, 0.25) is 0 Å². The van der Waals surface area contributed by atoms with Gasteiger partial charge in [-0.25, -0.2) is 0 Å². The summed E-state index contributed by atoms with van der Waals surface area (Å²) in [5, 5.41) is 10.0. The van der Waals surface area contributed by atoms with E-state index in [9.17, 15) is 5.11 Å². The summed E-state index contributed by atoms with van der Waals surface area (Å²) in [6.07, 6.45) is 1.82. The molecule has 0 saturated heterocycles. The Balaban J connectivity index is 1.67. The van der Waals surface area contributed by atoms with Crippen LogP contribution >= 0.6 is 0 Å². The zero-order valence-corrected chi connectivity index (χ0v) is 18.9. The van der Waals surface area contributed by atoms with E-state index < -0.39 is 0 Å². The van der Waals surface area contributed by atoms with Crippen molar-refractivity contribution in [3.63, 3.8) is 0 Å². The largest absolute Gasteiger partial charge is 0.504 e. The maximum Gasteiger partial charge on any atom is 0.169 e. The Hall–Kier alpha value is -3.66. The number of aromatic nitrogens is 2. The lowest BCUT2D eigenvalue weighted by atomic mass is 9.79. The summed E-state index contributed by atoms with van der Waals surface area (Å²) < 4.78 is 5.94. The van der Waals surface area contributed by atoms with Gasteiger partial charge >= 0.3 is 0 Å². The Labute approximate surface area is 189 Å². The molecule has 0 radical (unpaired) electrons. The summed E-state index contributed by atoms with van der Waals surface area (Å²) in [4.78, 5) is 9.63. The van der Waals surface area contributed by atoms with Crippen molar-refractivity contribution in [2.75, 3.05) is 0 Å². The number of aromatic hydroxyl groups is 1. The topological polar surface area (TPSA) is 55.2 Å². The lowest BCUT2D eigenvalue weighted by Gasteiger charge is -2.29. The highest BCUT2D eigenvalue weighted by molar-refractivity contribution is 5.45. The molecule has 0 saturated carbocycles. The van der Waals surface area contributed by atoms with E-state index in [0.717, 1.165) is 22.6 Å². The second-order valence-corrected chi connectivity index (χ2v) is 8.97. The maximum atomic E-state index is 10.0. The maximum absolute atomic E-state index is 10.0. The van der Waals surface area contributed by atoms with E-state index in [1.807, 2.05) is 48.7 Å². The molecule has 32 heavy (non-hydrogen) atoms. The van der Waals surface area contributed by atoms with Gasteiger partial charge in [0.2, 0.25) is 0 Å². The Morgan fingerprint density at radius 2 is 1.34 bits per heavy atom. The van der Waals surface area contributed by atoms with Crippen LogP contribution in [-0.4, -0.2) is 15.1 Å². The molecule has 4 rings (SSSR count). The Kier molecular flexibility index (Phi) is 5.70. The van der Waals surface area contributed by atoms with Gasteiger partial charge in [0.1, 0.15) is 5.75 Å². The molecule has 0 unspecified atom stereocenters. The number of ether oxygens (including phenoxy) is 1. The van der Waals surface area contributed by atoms with Gasteiger partial charge in [0.05, 0.1) is 17.1 Å². The number of nitrogens with zero attached hydrogens (tertiary/aromatic N) is 2. The third kappa shape index (κ3) is 4.22. The van der Waals surface area contributed by atoms with Gasteiger partial charge < -0.3 is 9.84 Å². The van der Waals surface area contributed by atoms with E-state index in [1.54, 1.807) is 18.2 Å². The number of benzene rings is 2. The summed E-state index contributed by atoms with van der Waals surface area (Å²) in [5.41, 5.74) is 3.34. The van der Waals surface area contributed by atoms with E-state index in [0.29, 0.717) is 11.5 Å². The fourth-order valence-electron chi connectivity index (χ4n) is 3.76. The first-order valence-electron chi connectivity index (χ1n) is 10.7. The summed E-state index contributed by atoms with van der Waals surface area (Å²) in [6.45, 7) is 8.61. The second kappa shape index (κ2) is 8.46. The van der Waals surface area contributed by atoms with Crippen molar-refractivity contribution < 1.29 is 9.84 Å². The lowest BCUT2D eigenvalue weighted by molar-refractivity contribution is 0.410. The average molecular weight is 425 g/mol. The quantitative estimate of drug-likeness (QED) is 0.378. The number of para-hydroxylation sites is 2. The third-order valence-corrected chi connectivity index (χ3v) is 5.98. The molecule has 0 aliphatic carbocycles. The van der Waals surface area contributed by atoms with Crippen LogP contribution in [0.15, 0.2) is 91.1 Å². The predicted octanol–water partition coefficient (Wildman–Crippen LogP) is 6.63. The normalized spacial score (nSPS) is 11.9. The highest BCUT2D eigenvalue weighted by Gasteiger charge is 2.30. The molecule has 4 nitrogen and oxygen atoms in total. The molecule has 162 valence electrons. The molecule has 2 heterocycles. The van der Waals surface area contributed by atoms with Crippen molar-refractivity contribution in [3.8, 4) is 17.2 Å². The van der Waals surface area contributed by atoms with Crippen LogP contribution < -0.4 is 4.74 Å². The van der Waals surface area contributed by atoms with Crippen molar-refractivity contribution in [2.24, 2.45) is 0 Å². The fraction of sp³-hybridized carbons (Fsp3) is 0.214. The van der Waals surface area contributed by atoms with Gasteiger partial charge in [0.15, 0.2) is 11.5 Å². The molecule has 0 bridgehead atoms. The van der Waals surface area contributed by atoms with Gasteiger partial charge in [-0.2, -0.15) is 0 Å². The molecule has 2 aromatic carbocycles. The minimum atomic E-state index is -0.353. The Bertz CT molecular complexity index is 1220. The number of hydrogen-bond acceptors (Lipinski definition) is 4.